The van der Waals surface area contributed by atoms with Gasteiger partial charge >= 0.3 is 5.97 Å². The number of hydrogen-bond donors (Lipinski definition) is 1. The van der Waals surface area contributed by atoms with Gasteiger partial charge in [0.1, 0.15) is 4.90 Å². The van der Waals surface area contributed by atoms with Crippen molar-refractivity contribution in [1.29, 1.82) is 0 Å². The molecule has 9 heteroatoms. The van der Waals surface area contributed by atoms with Crippen molar-refractivity contribution in [2.75, 3.05) is 20.2 Å². The van der Waals surface area contributed by atoms with Gasteiger partial charge in [-0.05, 0) is 57.9 Å². The maximum atomic E-state index is 12.4. The number of amides is 1. The number of nitrogens with one attached hydrogen (secondary N) is 1. The molecule has 1 aromatic rings. The van der Waals surface area contributed by atoms with E-state index in [4.69, 9.17) is 16.3 Å². The van der Waals surface area contributed by atoms with Crippen LogP contribution in [0.3, 0.4) is 0 Å². The van der Waals surface area contributed by atoms with Gasteiger partial charge in [0.2, 0.25) is 10.0 Å². The number of esters is 1. The molecule has 0 saturated carbocycles. The lowest BCUT2D eigenvalue weighted by Gasteiger charge is -2.26. The number of hydrogen-bond acceptors (Lipinski definition) is 5. The molecule has 27 heavy (non-hydrogen) atoms. The number of carbonyl (C=O) groups is 2. The number of benzene rings is 1. The molecule has 0 heterocycles. The highest BCUT2D eigenvalue weighted by atomic mass is 35.5. The first kappa shape index (κ1) is 21.4. The summed E-state index contributed by atoms with van der Waals surface area (Å²) in [6, 6.07) is 3.78. The molecule has 1 N–H and O–H groups in total. The van der Waals surface area contributed by atoms with E-state index < -0.39 is 22.6 Å². The number of nitrogens with zero attached hydrogens (tertiary/aromatic N) is 1. The minimum atomic E-state index is -3.82. The van der Waals surface area contributed by atoms with Crippen LogP contribution in [-0.4, -0.2) is 45.4 Å². The Kier molecular flexibility index (Phi) is 7.41. The zero-order valence-corrected chi connectivity index (χ0v) is 16.9. The fourth-order valence-electron chi connectivity index (χ4n) is 2.84. The van der Waals surface area contributed by atoms with E-state index in [1.807, 2.05) is 13.0 Å². The Morgan fingerprint density at radius 2 is 2.04 bits per heavy atom. The van der Waals surface area contributed by atoms with Gasteiger partial charge in [-0.3, -0.25) is 4.79 Å². The molecular formula is C18H23ClN2O5S. The molecule has 0 saturated heterocycles. The molecule has 1 amide bonds. The standard InChI is InChI=1S/C18H23ClN2O5S/c1-3-21(14-7-5-4-6-8-14)17(22)12-26-18(23)13-9-10-15(19)16(11-13)27(24,25)20-2/h7,9-11,20H,3-6,8,12H2,1-2H3. The second-order valence-electron chi connectivity index (χ2n) is 6.01. The topological polar surface area (TPSA) is 92.8 Å². The lowest BCUT2D eigenvalue weighted by Crippen LogP contribution is -2.34. The molecule has 0 aromatic heterocycles. The van der Waals surface area contributed by atoms with Gasteiger partial charge in [-0.1, -0.05) is 17.7 Å². The molecule has 0 unspecified atom stereocenters. The zero-order valence-electron chi connectivity index (χ0n) is 15.3. The molecule has 1 aliphatic carbocycles. The van der Waals surface area contributed by atoms with Crippen molar-refractivity contribution >= 4 is 33.5 Å². The predicted molar refractivity (Wildman–Crippen MR) is 102 cm³/mol. The van der Waals surface area contributed by atoms with Crippen molar-refractivity contribution in [3.05, 3.63) is 40.6 Å². The van der Waals surface area contributed by atoms with Crippen LogP contribution >= 0.6 is 11.6 Å². The van der Waals surface area contributed by atoms with Gasteiger partial charge in [0, 0.05) is 12.2 Å². The van der Waals surface area contributed by atoms with Gasteiger partial charge in [0.05, 0.1) is 10.6 Å². The van der Waals surface area contributed by atoms with E-state index in [9.17, 15) is 18.0 Å². The Hall–Kier alpha value is -1.90. The number of allylic oxidation sites excluding steroid dienone is 2. The number of rotatable bonds is 7. The van der Waals surface area contributed by atoms with Crippen LogP contribution in [0.15, 0.2) is 34.9 Å². The Balaban J connectivity index is 2.08. The predicted octanol–water partition coefficient (Wildman–Crippen LogP) is 2.71. The first-order valence-corrected chi connectivity index (χ1v) is 10.6. The fraction of sp³-hybridized carbons (Fsp3) is 0.444. The minimum Gasteiger partial charge on any atom is -0.452 e. The molecule has 7 nitrogen and oxygen atoms in total. The van der Waals surface area contributed by atoms with Crippen molar-refractivity contribution in [2.45, 2.75) is 37.5 Å². The van der Waals surface area contributed by atoms with E-state index in [-0.39, 0.29) is 21.4 Å². The van der Waals surface area contributed by atoms with E-state index in [1.165, 1.54) is 19.2 Å². The second kappa shape index (κ2) is 9.34. The molecule has 1 aliphatic rings. The summed E-state index contributed by atoms with van der Waals surface area (Å²) in [6.07, 6.45) is 5.95. The summed E-state index contributed by atoms with van der Waals surface area (Å²) in [4.78, 5) is 26.1. The third kappa shape index (κ3) is 5.31. The SMILES string of the molecule is CCN(C(=O)COC(=O)c1ccc(Cl)c(S(=O)(=O)NC)c1)C1=CCCCC1. The van der Waals surface area contributed by atoms with Crippen LogP contribution < -0.4 is 4.72 Å². The molecule has 0 fully saturated rings. The third-order valence-corrected chi connectivity index (χ3v) is 6.18. The summed E-state index contributed by atoms with van der Waals surface area (Å²) in [7, 11) is -2.58. The first-order valence-electron chi connectivity index (χ1n) is 8.69. The van der Waals surface area contributed by atoms with Gasteiger partial charge in [-0.25, -0.2) is 17.9 Å². The van der Waals surface area contributed by atoms with E-state index >= 15 is 0 Å². The molecule has 0 spiro atoms. The van der Waals surface area contributed by atoms with Crippen LogP contribution in [0.2, 0.25) is 5.02 Å². The van der Waals surface area contributed by atoms with E-state index in [2.05, 4.69) is 4.72 Å². The van der Waals surface area contributed by atoms with E-state index in [0.29, 0.717) is 6.54 Å². The van der Waals surface area contributed by atoms with Gasteiger partial charge in [-0.15, -0.1) is 0 Å². The maximum absolute atomic E-state index is 12.4. The fourth-order valence-corrected chi connectivity index (χ4v) is 4.09. The molecular weight excluding hydrogens is 392 g/mol. The van der Waals surface area contributed by atoms with Gasteiger partial charge in [0.25, 0.3) is 5.91 Å². The molecule has 0 radical (unpaired) electrons. The van der Waals surface area contributed by atoms with E-state index in [1.54, 1.807) is 4.90 Å². The van der Waals surface area contributed by atoms with Crippen LogP contribution in [0.5, 0.6) is 0 Å². The van der Waals surface area contributed by atoms with Crippen LogP contribution in [0, 0.1) is 0 Å². The average Bonchev–Trinajstić information content (AvgIpc) is 2.67. The molecule has 0 atom stereocenters. The summed E-state index contributed by atoms with van der Waals surface area (Å²) in [5, 5.41) is -0.0154. The van der Waals surface area contributed by atoms with Crippen LogP contribution in [0.4, 0.5) is 0 Å². The molecule has 2 rings (SSSR count). The van der Waals surface area contributed by atoms with Crippen LogP contribution in [-0.2, 0) is 19.6 Å². The lowest BCUT2D eigenvalue weighted by molar-refractivity contribution is -0.132. The summed E-state index contributed by atoms with van der Waals surface area (Å²) in [5.74, 6) is -1.10. The maximum Gasteiger partial charge on any atom is 0.338 e. The number of carbonyl (C=O) groups excluding carboxylic acids is 2. The monoisotopic (exact) mass is 414 g/mol. The number of halogens is 1. The van der Waals surface area contributed by atoms with Crippen molar-refractivity contribution in [3.63, 3.8) is 0 Å². The molecule has 0 aliphatic heterocycles. The third-order valence-electron chi connectivity index (χ3n) is 4.28. The average molecular weight is 415 g/mol. The Labute approximate surface area is 164 Å². The lowest BCUT2D eigenvalue weighted by atomic mass is 10.0. The second-order valence-corrected chi connectivity index (χ2v) is 8.27. The largest absolute Gasteiger partial charge is 0.452 e. The highest BCUT2D eigenvalue weighted by Crippen LogP contribution is 2.23. The highest BCUT2D eigenvalue weighted by molar-refractivity contribution is 7.89. The Morgan fingerprint density at radius 3 is 2.63 bits per heavy atom. The normalized spacial score (nSPS) is 14.4. The van der Waals surface area contributed by atoms with Gasteiger partial charge in [-0.2, -0.15) is 0 Å². The van der Waals surface area contributed by atoms with Crippen molar-refractivity contribution in [2.24, 2.45) is 0 Å². The van der Waals surface area contributed by atoms with Crippen LogP contribution in [0.1, 0.15) is 43.0 Å². The molecule has 1 aromatic carbocycles. The van der Waals surface area contributed by atoms with Gasteiger partial charge < -0.3 is 9.64 Å². The van der Waals surface area contributed by atoms with Crippen molar-refractivity contribution < 1.29 is 22.7 Å². The smallest absolute Gasteiger partial charge is 0.338 e. The quantitative estimate of drug-likeness (QED) is 0.692. The Bertz CT molecular complexity index is 851. The molecule has 148 valence electrons. The van der Waals surface area contributed by atoms with Crippen LogP contribution in [0.25, 0.3) is 0 Å². The van der Waals surface area contributed by atoms with E-state index in [0.717, 1.165) is 37.4 Å². The minimum absolute atomic E-state index is 0.000885. The Morgan fingerprint density at radius 1 is 1.30 bits per heavy atom. The first-order chi connectivity index (χ1) is 12.8. The number of sulfonamides is 1. The van der Waals surface area contributed by atoms with Crippen molar-refractivity contribution in [3.8, 4) is 0 Å². The summed E-state index contributed by atoms with van der Waals surface area (Å²) in [6.45, 7) is 1.94. The number of ether oxygens (including phenoxy) is 1. The number of likely N-dealkylation sites (N-methyl/N-ethyl adjacent to an activating group) is 1. The summed E-state index contributed by atoms with van der Waals surface area (Å²) >= 11 is 5.90. The van der Waals surface area contributed by atoms with Gasteiger partial charge in [0.15, 0.2) is 6.61 Å². The highest BCUT2D eigenvalue weighted by Gasteiger charge is 2.22. The van der Waals surface area contributed by atoms with Crippen molar-refractivity contribution in [1.82, 2.24) is 9.62 Å². The zero-order chi connectivity index (χ0) is 20.0. The summed E-state index contributed by atoms with van der Waals surface area (Å²) in [5.41, 5.74) is 0.958. The molecule has 0 bridgehead atoms. The summed E-state index contributed by atoms with van der Waals surface area (Å²) < 4.78 is 31.1.